The van der Waals surface area contributed by atoms with E-state index in [2.05, 4.69) is 6.58 Å². The van der Waals surface area contributed by atoms with Gasteiger partial charge in [-0.1, -0.05) is 6.08 Å². The summed E-state index contributed by atoms with van der Waals surface area (Å²) in [7, 11) is 2.89. The van der Waals surface area contributed by atoms with E-state index in [1.807, 2.05) is 0 Å². The van der Waals surface area contributed by atoms with Crippen LogP contribution in [0.4, 0.5) is 5.69 Å². The molecule has 1 amide bonds. The quantitative estimate of drug-likeness (QED) is 0.839. The third kappa shape index (κ3) is 2.69. The highest BCUT2D eigenvalue weighted by atomic mass is 16.5. The number of carbonyl (C=O) groups excluding carboxylic acids is 1. The lowest BCUT2D eigenvalue weighted by Crippen LogP contribution is -2.26. The number of carboxylic acid groups (broad SMARTS) is 1. The number of benzene rings is 1. The van der Waals surface area contributed by atoms with Crippen LogP contribution in [0.25, 0.3) is 0 Å². The molecule has 1 aromatic carbocycles. The number of rotatable bonds is 5. The molecule has 1 N–H and O–H groups in total. The highest BCUT2D eigenvalue weighted by Gasteiger charge is 2.32. The smallest absolute Gasteiger partial charge is 0.337 e. The first-order valence-electron chi connectivity index (χ1n) is 6.44. The van der Waals surface area contributed by atoms with Crippen LogP contribution in [0.5, 0.6) is 11.5 Å². The van der Waals surface area contributed by atoms with Gasteiger partial charge in [0, 0.05) is 31.0 Å². The van der Waals surface area contributed by atoms with Gasteiger partial charge < -0.3 is 19.5 Å². The summed E-state index contributed by atoms with van der Waals surface area (Å²) >= 11 is 0. The summed E-state index contributed by atoms with van der Waals surface area (Å²) in [4.78, 5) is 25.0. The number of methoxy groups -OCH3 is 2. The second-order valence-corrected chi connectivity index (χ2v) is 4.73. The van der Waals surface area contributed by atoms with Gasteiger partial charge in [-0.2, -0.15) is 0 Å². The molecule has 21 heavy (non-hydrogen) atoms. The molecule has 112 valence electrons. The Bertz CT molecular complexity index is 596. The highest BCUT2D eigenvalue weighted by molar-refractivity contribution is 6.04. The Morgan fingerprint density at radius 1 is 1.38 bits per heavy atom. The van der Waals surface area contributed by atoms with Gasteiger partial charge >= 0.3 is 5.97 Å². The minimum atomic E-state index is -1.12. The van der Waals surface area contributed by atoms with Crippen molar-refractivity contribution in [2.24, 2.45) is 5.92 Å². The Labute approximate surface area is 122 Å². The molecule has 1 aliphatic heterocycles. The Morgan fingerprint density at radius 2 is 2.00 bits per heavy atom. The molecule has 1 fully saturated rings. The summed E-state index contributed by atoms with van der Waals surface area (Å²) in [6.45, 7) is 4.10. The van der Waals surface area contributed by atoms with Crippen molar-refractivity contribution in [2.75, 3.05) is 25.7 Å². The van der Waals surface area contributed by atoms with Gasteiger partial charge in [0.2, 0.25) is 5.91 Å². The summed E-state index contributed by atoms with van der Waals surface area (Å²) in [5, 5.41) is 9.36. The molecule has 1 saturated heterocycles. The number of hydrogen-bond donors (Lipinski definition) is 1. The zero-order valence-corrected chi connectivity index (χ0v) is 12.0. The van der Waals surface area contributed by atoms with Crippen molar-refractivity contribution in [1.29, 1.82) is 0 Å². The fourth-order valence-corrected chi connectivity index (χ4v) is 2.39. The molecule has 1 aromatic rings. The van der Waals surface area contributed by atoms with Crippen LogP contribution in [-0.4, -0.2) is 37.7 Å². The summed E-state index contributed by atoms with van der Waals surface area (Å²) in [5.74, 6) is -0.541. The van der Waals surface area contributed by atoms with Crippen molar-refractivity contribution in [1.82, 2.24) is 0 Å². The van der Waals surface area contributed by atoms with E-state index in [1.54, 1.807) is 6.08 Å². The lowest BCUT2D eigenvalue weighted by molar-refractivity contribution is -0.117. The molecule has 6 heteroatoms. The van der Waals surface area contributed by atoms with Crippen LogP contribution in [-0.2, 0) is 4.79 Å². The van der Waals surface area contributed by atoms with E-state index in [-0.39, 0.29) is 17.4 Å². The number of aromatic carboxylic acids is 1. The predicted octanol–water partition coefficient (Wildman–Crippen LogP) is 1.94. The van der Waals surface area contributed by atoms with Crippen LogP contribution in [0.15, 0.2) is 24.8 Å². The molecular formula is C15H17NO5. The van der Waals surface area contributed by atoms with Crippen LogP contribution in [0.2, 0.25) is 0 Å². The van der Waals surface area contributed by atoms with Crippen LogP contribution in [0.3, 0.4) is 0 Å². The third-order valence-corrected chi connectivity index (χ3v) is 3.51. The predicted molar refractivity (Wildman–Crippen MR) is 77.2 cm³/mol. The molecule has 1 unspecified atom stereocenters. The number of hydrogen-bond acceptors (Lipinski definition) is 4. The average molecular weight is 291 g/mol. The molecular weight excluding hydrogens is 274 g/mol. The summed E-state index contributed by atoms with van der Waals surface area (Å²) < 4.78 is 10.3. The van der Waals surface area contributed by atoms with E-state index >= 15 is 0 Å². The van der Waals surface area contributed by atoms with E-state index in [0.29, 0.717) is 30.2 Å². The van der Waals surface area contributed by atoms with Gasteiger partial charge in [-0.25, -0.2) is 4.79 Å². The Hall–Kier alpha value is -2.50. The van der Waals surface area contributed by atoms with Gasteiger partial charge in [-0.05, 0) is 0 Å². The van der Waals surface area contributed by atoms with Gasteiger partial charge in [0.1, 0.15) is 0 Å². The standard InChI is InChI=1S/C15H17NO5/c1-4-9-5-14(17)16(8-9)11-7-13(21-3)12(20-2)6-10(11)15(18)19/h4,6-7,9H,1,5,8H2,2-3H3,(H,18,19). The van der Waals surface area contributed by atoms with Crippen molar-refractivity contribution >= 4 is 17.6 Å². The molecule has 1 heterocycles. The Balaban J connectivity index is 2.53. The fraction of sp³-hybridized carbons (Fsp3) is 0.333. The van der Waals surface area contributed by atoms with E-state index in [0.717, 1.165) is 0 Å². The van der Waals surface area contributed by atoms with Crippen LogP contribution >= 0.6 is 0 Å². The summed E-state index contributed by atoms with van der Waals surface area (Å²) in [5.41, 5.74) is 0.320. The van der Waals surface area contributed by atoms with E-state index in [1.165, 1.54) is 31.3 Å². The first-order chi connectivity index (χ1) is 10.0. The van der Waals surface area contributed by atoms with Crippen LogP contribution in [0, 0.1) is 5.92 Å². The minimum absolute atomic E-state index is 0.00529. The monoisotopic (exact) mass is 291 g/mol. The summed E-state index contributed by atoms with van der Waals surface area (Å²) in [6, 6.07) is 2.89. The number of amides is 1. The van der Waals surface area contributed by atoms with Gasteiger partial charge in [0.15, 0.2) is 11.5 Å². The average Bonchev–Trinajstić information content (AvgIpc) is 2.86. The maximum Gasteiger partial charge on any atom is 0.337 e. The van der Waals surface area contributed by atoms with Crippen molar-refractivity contribution in [3.63, 3.8) is 0 Å². The van der Waals surface area contributed by atoms with Crippen molar-refractivity contribution in [3.8, 4) is 11.5 Å². The van der Waals surface area contributed by atoms with Gasteiger partial charge in [0.05, 0.1) is 25.5 Å². The zero-order valence-electron chi connectivity index (χ0n) is 12.0. The van der Waals surface area contributed by atoms with Crippen LogP contribution in [0.1, 0.15) is 16.8 Å². The lowest BCUT2D eigenvalue weighted by Gasteiger charge is -2.20. The molecule has 1 aliphatic rings. The largest absolute Gasteiger partial charge is 0.493 e. The van der Waals surface area contributed by atoms with Gasteiger partial charge in [-0.15, -0.1) is 6.58 Å². The fourth-order valence-electron chi connectivity index (χ4n) is 2.39. The Kier molecular flexibility index (Phi) is 4.16. The van der Waals surface area contributed by atoms with Gasteiger partial charge in [0.25, 0.3) is 0 Å². The van der Waals surface area contributed by atoms with Crippen LogP contribution < -0.4 is 14.4 Å². The molecule has 0 bridgehead atoms. The molecule has 2 rings (SSSR count). The maximum absolute atomic E-state index is 12.1. The van der Waals surface area contributed by atoms with Crippen molar-refractivity contribution in [3.05, 3.63) is 30.4 Å². The number of carboxylic acids is 1. The minimum Gasteiger partial charge on any atom is -0.493 e. The second-order valence-electron chi connectivity index (χ2n) is 4.73. The SMILES string of the molecule is C=CC1CC(=O)N(c2cc(OC)c(OC)cc2C(=O)O)C1. The van der Waals surface area contributed by atoms with Crippen molar-refractivity contribution < 1.29 is 24.2 Å². The van der Waals surface area contributed by atoms with E-state index in [4.69, 9.17) is 9.47 Å². The molecule has 0 spiro atoms. The van der Waals surface area contributed by atoms with E-state index < -0.39 is 5.97 Å². The van der Waals surface area contributed by atoms with Gasteiger partial charge in [-0.3, -0.25) is 4.79 Å². The number of anilines is 1. The molecule has 0 saturated carbocycles. The first-order valence-corrected chi connectivity index (χ1v) is 6.44. The number of carbonyl (C=O) groups is 2. The van der Waals surface area contributed by atoms with Crippen molar-refractivity contribution in [2.45, 2.75) is 6.42 Å². The van der Waals surface area contributed by atoms with E-state index in [9.17, 15) is 14.7 Å². The topological polar surface area (TPSA) is 76.1 Å². The highest BCUT2D eigenvalue weighted by Crippen LogP contribution is 2.37. The maximum atomic E-state index is 12.1. The molecule has 0 radical (unpaired) electrons. The molecule has 0 aromatic heterocycles. The molecule has 6 nitrogen and oxygen atoms in total. The summed E-state index contributed by atoms with van der Waals surface area (Å²) in [6.07, 6.45) is 2.04. The molecule has 0 aliphatic carbocycles. The second kappa shape index (κ2) is 5.87. The lowest BCUT2D eigenvalue weighted by atomic mass is 10.1. The molecule has 1 atom stereocenters. The number of nitrogens with zero attached hydrogens (tertiary/aromatic N) is 1. The normalized spacial score (nSPS) is 17.7. The third-order valence-electron chi connectivity index (χ3n) is 3.51. The Morgan fingerprint density at radius 3 is 2.48 bits per heavy atom. The first kappa shape index (κ1) is 14.9. The zero-order chi connectivity index (χ0) is 15.6. The number of ether oxygens (including phenoxy) is 2.